The van der Waals surface area contributed by atoms with Gasteiger partial charge in [-0.1, -0.05) is 30.3 Å². The zero-order chi connectivity index (χ0) is 26.2. The van der Waals surface area contributed by atoms with Crippen LogP contribution in [0, 0.1) is 5.92 Å². The maximum absolute atomic E-state index is 13.6. The van der Waals surface area contributed by atoms with Crippen molar-refractivity contribution in [1.29, 1.82) is 0 Å². The molecular formula is C28H35N3O5S. The molecule has 0 saturated carbocycles. The lowest BCUT2D eigenvalue weighted by molar-refractivity contribution is 0.124. The van der Waals surface area contributed by atoms with E-state index in [9.17, 15) is 18.3 Å². The first-order chi connectivity index (χ1) is 17.8. The highest BCUT2D eigenvalue weighted by molar-refractivity contribution is 7.89. The van der Waals surface area contributed by atoms with Crippen LogP contribution in [0.5, 0.6) is 0 Å². The zero-order valence-corrected chi connectivity index (χ0v) is 22.3. The van der Waals surface area contributed by atoms with E-state index in [-0.39, 0.29) is 6.04 Å². The molecule has 2 aliphatic heterocycles. The van der Waals surface area contributed by atoms with Crippen molar-refractivity contribution in [2.75, 3.05) is 39.8 Å². The minimum atomic E-state index is -3.67. The molecule has 0 spiro atoms. The molecule has 1 atom stereocenters. The van der Waals surface area contributed by atoms with E-state index < -0.39 is 16.1 Å². The van der Waals surface area contributed by atoms with E-state index in [1.807, 2.05) is 37.5 Å². The Morgan fingerprint density at radius 3 is 2.62 bits per heavy atom. The Morgan fingerprint density at radius 2 is 1.86 bits per heavy atom. The third kappa shape index (κ3) is 5.12. The summed E-state index contributed by atoms with van der Waals surface area (Å²) in [7, 11) is -2.00. The van der Waals surface area contributed by atoms with Gasteiger partial charge < -0.3 is 19.3 Å². The number of hydrogen-bond acceptors (Lipinski definition) is 5. The Hall–Kier alpha value is -2.88. The quantitative estimate of drug-likeness (QED) is 0.484. The van der Waals surface area contributed by atoms with Gasteiger partial charge in [-0.25, -0.2) is 17.5 Å². The summed E-state index contributed by atoms with van der Waals surface area (Å²) in [6.45, 7) is 5.48. The van der Waals surface area contributed by atoms with Gasteiger partial charge in [0.05, 0.1) is 17.2 Å². The molecule has 9 heteroatoms. The Morgan fingerprint density at radius 1 is 1.11 bits per heavy atom. The molecule has 1 N–H and O–H groups in total. The van der Waals surface area contributed by atoms with E-state index in [4.69, 9.17) is 4.42 Å². The van der Waals surface area contributed by atoms with Crippen molar-refractivity contribution in [2.24, 2.45) is 5.92 Å². The second kappa shape index (κ2) is 10.5. The van der Waals surface area contributed by atoms with Crippen LogP contribution in [-0.2, 0) is 22.9 Å². The Labute approximate surface area is 218 Å². The molecule has 37 heavy (non-hydrogen) atoms. The third-order valence-corrected chi connectivity index (χ3v) is 10.0. The summed E-state index contributed by atoms with van der Waals surface area (Å²) >= 11 is 0. The molecule has 1 saturated heterocycles. The van der Waals surface area contributed by atoms with E-state index in [2.05, 4.69) is 11.0 Å². The van der Waals surface area contributed by atoms with Crippen LogP contribution < -0.4 is 0 Å². The van der Waals surface area contributed by atoms with E-state index in [1.165, 1.54) is 20.2 Å². The van der Waals surface area contributed by atoms with Crippen molar-refractivity contribution < 1.29 is 22.7 Å². The van der Waals surface area contributed by atoms with Gasteiger partial charge in [0.1, 0.15) is 5.58 Å². The fourth-order valence-corrected chi connectivity index (χ4v) is 7.39. The average Bonchev–Trinajstić information content (AvgIpc) is 3.31. The normalized spacial score (nSPS) is 19.4. The molecular weight excluding hydrogens is 490 g/mol. The van der Waals surface area contributed by atoms with Crippen LogP contribution >= 0.6 is 0 Å². The number of carboxylic acid groups (broad SMARTS) is 1. The van der Waals surface area contributed by atoms with E-state index in [1.54, 1.807) is 19.2 Å². The third-order valence-electron chi connectivity index (χ3n) is 8.10. The van der Waals surface area contributed by atoms with Gasteiger partial charge in [0, 0.05) is 32.1 Å². The monoisotopic (exact) mass is 525 g/mol. The predicted octanol–water partition coefficient (Wildman–Crippen LogP) is 4.61. The van der Waals surface area contributed by atoms with E-state index >= 15 is 0 Å². The van der Waals surface area contributed by atoms with Crippen molar-refractivity contribution in [1.82, 2.24) is 14.1 Å². The second-order valence-electron chi connectivity index (χ2n) is 10.3. The van der Waals surface area contributed by atoms with Gasteiger partial charge in [-0.15, -0.1) is 0 Å². The summed E-state index contributed by atoms with van der Waals surface area (Å²) < 4.78 is 34.3. The first-order valence-corrected chi connectivity index (χ1v) is 14.4. The number of benzene rings is 2. The molecule has 3 heterocycles. The Kier molecular flexibility index (Phi) is 7.29. The van der Waals surface area contributed by atoms with Crippen LogP contribution in [0.4, 0.5) is 4.79 Å². The van der Waals surface area contributed by atoms with Crippen LogP contribution in [0.2, 0.25) is 0 Å². The lowest BCUT2D eigenvalue weighted by atomic mass is 9.94. The van der Waals surface area contributed by atoms with Gasteiger partial charge in [-0.2, -0.15) is 0 Å². The maximum atomic E-state index is 13.6. The largest absolute Gasteiger partial charge is 0.465 e. The number of furan rings is 1. The minimum absolute atomic E-state index is 0.298. The smallest absolute Gasteiger partial charge is 0.407 e. The lowest BCUT2D eigenvalue weighted by Crippen LogP contribution is -2.41. The van der Waals surface area contributed by atoms with E-state index in [0.29, 0.717) is 30.3 Å². The lowest BCUT2D eigenvalue weighted by Gasteiger charge is -2.35. The van der Waals surface area contributed by atoms with Crippen molar-refractivity contribution in [3.8, 4) is 0 Å². The fraction of sp³-hybridized carbons (Fsp3) is 0.464. The Balaban J connectivity index is 1.18. The van der Waals surface area contributed by atoms with Crippen LogP contribution in [0.15, 0.2) is 58.0 Å². The maximum Gasteiger partial charge on any atom is 0.407 e. The van der Waals surface area contributed by atoms with Crippen LogP contribution in [0.25, 0.3) is 11.0 Å². The molecule has 1 amide bonds. The molecule has 0 aliphatic carbocycles. The summed E-state index contributed by atoms with van der Waals surface area (Å²) in [5.74, 6) is 0.312. The van der Waals surface area contributed by atoms with Crippen molar-refractivity contribution >= 4 is 27.1 Å². The van der Waals surface area contributed by atoms with Crippen molar-refractivity contribution in [2.45, 2.75) is 43.5 Å². The molecule has 1 aromatic heterocycles. The average molecular weight is 526 g/mol. The van der Waals surface area contributed by atoms with Gasteiger partial charge in [-0.3, -0.25) is 0 Å². The number of amides is 1. The topological polar surface area (TPSA) is 94.3 Å². The molecule has 5 rings (SSSR count). The number of sulfonamides is 1. The Bertz CT molecular complexity index is 1380. The molecule has 198 valence electrons. The fourth-order valence-electron chi connectivity index (χ4n) is 5.87. The number of nitrogens with zero attached hydrogens (tertiary/aromatic N) is 3. The zero-order valence-electron chi connectivity index (χ0n) is 21.5. The van der Waals surface area contributed by atoms with Crippen molar-refractivity contribution in [3.63, 3.8) is 0 Å². The first kappa shape index (κ1) is 25.8. The van der Waals surface area contributed by atoms with Gasteiger partial charge in [0.15, 0.2) is 0 Å². The summed E-state index contributed by atoms with van der Waals surface area (Å²) in [5.41, 5.74) is 3.69. The number of hydrogen-bond donors (Lipinski definition) is 1. The number of fused-ring (bicyclic) bond motifs is 2. The van der Waals surface area contributed by atoms with Gasteiger partial charge in [-0.05, 0) is 80.4 Å². The van der Waals surface area contributed by atoms with Gasteiger partial charge in [0.25, 0.3) is 0 Å². The van der Waals surface area contributed by atoms with Crippen LogP contribution in [0.3, 0.4) is 0 Å². The molecule has 1 fully saturated rings. The first-order valence-electron chi connectivity index (χ1n) is 13.0. The van der Waals surface area contributed by atoms with Crippen LogP contribution in [-0.4, -0.2) is 73.5 Å². The number of carbonyl (C=O) groups is 1. The SMILES string of the molecule is CC1c2cccc(S(=O)(=O)N(C)CC3CCN(CCc4coc5ccccc45)CC3)c2CCN1C(=O)O. The highest BCUT2D eigenvalue weighted by Crippen LogP contribution is 2.34. The molecule has 1 unspecified atom stereocenters. The van der Waals surface area contributed by atoms with Gasteiger partial charge in [0.2, 0.25) is 10.0 Å². The summed E-state index contributed by atoms with van der Waals surface area (Å²) in [4.78, 5) is 15.7. The molecule has 2 aromatic carbocycles. The van der Waals surface area contributed by atoms with E-state index in [0.717, 1.165) is 55.6 Å². The number of piperidine rings is 1. The van der Waals surface area contributed by atoms with Gasteiger partial charge >= 0.3 is 6.09 Å². The second-order valence-corrected chi connectivity index (χ2v) is 12.3. The molecule has 8 nitrogen and oxygen atoms in total. The highest BCUT2D eigenvalue weighted by atomic mass is 32.2. The van der Waals surface area contributed by atoms with Crippen molar-refractivity contribution in [3.05, 3.63) is 65.4 Å². The molecule has 0 radical (unpaired) electrons. The highest BCUT2D eigenvalue weighted by Gasteiger charge is 2.34. The minimum Gasteiger partial charge on any atom is -0.465 e. The standard InChI is InChI=1S/C28H35N3O5S/c1-20-23-7-5-9-27(25(23)13-17-31(20)28(32)33)37(34,35)29(2)18-21-10-14-30(15-11-21)16-12-22-19-36-26-8-4-3-6-24(22)26/h3-9,19-21H,10-18H2,1-2H3,(H,32,33). The predicted molar refractivity (Wildman–Crippen MR) is 142 cm³/mol. The molecule has 0 bridgehead atoms. The molecule has 3 aromatic rings. The number of rotatable bonds is 7. The summed E-state index contributed by atoms with van der Waals surface area (Å²) in [6, 6.07) is 13.0. The number of para-hydroxylation sites is 1. The number of likely N-dealkylation sites (tertiary alicyclic amines) is 1. The summed E-state index contributed by atoms with van der Waals surface area (Å²) in [6.07, 6.45) is 4.15. The molecule has 2 aliphatic rings. The summed E-state index contributed by atoms with van der Waals surface area (Å²) in [5, 5.41) is 10.6. The van der Waals surface area contributed by atoms with Crippen LogP contribution in [0.1, 0.15) is 42.5 Å².